The van der Waals surface area contributed by atoms with Crippen molar-refractivity contribution in [2.45, 2.75) is 366 Å². The van der Waals surface area contributed by atoms with Crippen LogP contribution in [0.5, 0.6) is 0 Å². The van der Waals surface area contributed by atoms with E-state index < -0.39 is 51.0 Å². The molecule has 4 bridgehead atoms. The number of esters is 10. The van der Waals surface area contributed by atoms with E-state index in [1.54, 1.807) is 13.8 Å². The van der Waals surface area contributed by atoms with Crippen LogP contribution in [0.3, 0.4) is 0 Å². The van der Waals surface area contributed by atoms with Crippen LogP contribution in [0.25, 0.3) is 0 Å². The molecule has 0 heterocycles. The maximum Gasteiger partial charge on any atom is 0.344 e. The molecule has 0 N–H and O–H groups in total. The van der Waals surface area contributed by atoms with Gasteiger partial charge in [-0.2, -0.15) is 0 Å². The summed E-state index contributed by atoms with van der Waals surface area (Å²) in [6.07, 6.45) is 30.9. The fraction of sp³-hybridized carbons (Fsp3) is 0.878. The molecule has 0 radical (unpaired) electrons. The Labute approximate surface area is 613 Å². The number of hydrogen-bond donors (Lipinski definition) is 0. The minimum Gasteiger partial charge on any atom is -0.457 e. The highest BCUT2D eigenvalue weighted by molar-refractivity contribution is 5.83. The van der Waals surface area contributed by atoms with Crippen molar-refractivity contribution in [1.82, 2.24) is 0 Å². The van der Waals surface area contributed by atoms with Crippen LogP contribution < -0.4 is 0 Å². The first-order valence-electron chi connectivity index (χ1n) is 39.5. The van der Waals surface area contributed by atoms with Crippen LogP contribution in [0.15, 0.2) is 0 Å². The molecule has 102 heavy (non-hydrogen) atoms. The summed E-state index contributed by atoms with van der Waals surface area (Å²) in [6, 6.07) is 0. The zero-order valence-corrected chi connectivity index (χ0v) is 67.1. The van der Waals surface area contributed by atoms with Gasteiger partial charge in [-0.05, 0) is 299 Å². The van der Waals surface area contributed by atoms with Gasteiger partial charge in [0.15, 0.2) is 33.0 Å². The molecule has 8 aliphatic rings. The van der Waals surface area contributed by atoms with Crippen molar-refractivity contribution in [1.29, 1.82) is 0 Å². The van der Waals surface area contributed by atoms with Crippen molar-refractivity contribution < 1.29 is 95.3 Å². The molecule has 20 nitrogen and oxygen atoms in total. The van der Waals surface area contributed by atoms with E-state index in [0.29, 0.717) is 38.0 Å². The molecule has 586 valence electrons. The van der Waals surface area contributed by atoms with Crippen LogP contribution in [-0.4, -0.2) is 121 Å². The first-order valence-corrected chi connectivity index (χ1v) is 39.5. The Morgan fingerprint density at radius 2 is 0.578 bits per heavy atom. The monoisotopic (exact) mass is 1440 g/mol. The quantitative estimate of drug-likeness (QED) is 0.0400. The van der Waals surface area contributed by atoms with Crippen LogP contribution in [0.1, 0.15) is 338 Å². The summed E-state index contributed by atoms with van der Waals surface area (Å²) in [5, 5.41) is 0. The first kappa shape index (κ1) is 89.1. The van der Waals surface area contributed by atoms with Crippen molar-refractivity contribution in [3.63, 3.8) is 0 Å². The van der Waals surface area contributed by atoms with E-state index in [1.807, 2.05) is 118 Å². The third-order valence-electron chi connectivity index (χ3n) is 25.1. The Bertz CT molecular complexity index is 2750. The number of rotatable bonds is 28. The second kappa shape index (κ2) is 38.8. The molecule has 8 aliphatic carbocycles. The van der Waals surface area contributed by atoms with Gasteiger partial charge in [0.25, 0.3) is 0 Å². The van der Waals surface area contributed by atoms with Crippen molar-refractivity contribution >= 4 is 59.7 Å². The molecule has 20 heteroatoms. The van der Waals surface area contributed by atoms with Gasteiger partial charge >= 0.3 is 59.7 Å². The van der Waals surface area contributed by atoms with E-state index in [1.165, 1.54) is 38.5 Å². The van der Waals surface area contributed by atoms with E-state index in [4.69, 9.17) is 47.4 Å². The maximum absolute atomic E-state index is 12.5. The highest BCUT2D eigenvalue weighted by Crippen LogP contribution is 2.71. The van der Waals surface area contributed by atoms with E-state index in [9.17, 15) is 47.9 Å². The molecular weight excluding hydrogens is 1300 g/mol. The Morgan fingerprint density at radius 1 is 0.314 bits per heavy atom. The molecule has 0 aromatic carbocycles. The summed E-state index contributed by atoms with van der Waals surface area (Å²) in [5.74, 6) is 0.983. The third kappa shape index (κ3) is 25.5. The van der Waals surface area contributed by atoms with Crippen molar-refractivity contribution in [3.8, 4) is 0 Å². The van der Waals surface area contributed by atoms with Gasteiger partial charge < -0.3 is 47.4 Å². The second-order valence-electron chi connectivity index (χ2n) is 34.7. The van der Waals surface area contributed by atoms with Gasteiger partial charge in [-0.25, -0.2) is 24.0 Å². The van der Waals surface area contributed by atoms with Gasteiger partial charge in [0, 0.05) is 5.92 Å². The summed E-state index contributed by atoms with van der Waals surface area (Å²) in [6.45, 7) is 36.6. The minimum absolute atomic E-state index is 0.248. The van der Waals surface area contributed by atoms with E-state index >= 15 is 0 Å². The Balaban J connectivity index is 0.000000272. The first-order chi connectivity index (χ1) is 47.6. The van der Waals surface area contributed by atoms with Gasteiger partial charge in [-0.3, -0.25) is 24.0 Å². The molecule has 0 aliphatic heterocycles. The molecule has 0 aromatic heterocycles. The molecule has 0 saturated heterocycles. The van der Waals surface area contributed by atoms with E-state index in [-0.39, 0.29) is 96.9 Å². The zero-order valence-electron chi connectivity index (χ0n) is 67.1. The summed E-state index contributed by atoms with van der Waals surface area (Å²) in [5.41, 5.74) is -4.42. The molecular formula is C82H138O20. The van der Waals surface area contributed by atoms with Crippen molar-refractivity contribution in [2.75, 3.05) is 33.0 Å². The largest absolute Gasteiger partial charge is 0.457 e. The predicted molar refractivity (Wildman–Crippen MR) is 389 cm³/mol. The van der Waals surface area contributed by atoms with Crippen LogP contribution in [0.4, 0.5) is 0 Å². The topological polar surface area (TPSA) is 263 Å². The van der Waals surface area contributed by atoms with Gasteiger partial charge in [-0.1, -0.05) is 68.2 Å². The average molecular weight is 1440 g/mol. The minimum atomic E-state index is -0.550. The van der Waals surface area contributed by atoms with Crippen molar-refractivity contribution in [3.05, 3.63) is 0 Å². The fourth-order valence-electron chi connectivity index (χ4n) is 15.9. The summed E-state index contributed by atoms with van der Waals surface area (Å²) < 4.78 is 53.5. The highest BCUT2D eigenvalue weighted by atomic mass is 16.6. The average Bonchev–Trinajstić information content (AvgIpc) is 1.53. The van der Waals surface area contributed by atoms with Gasteiger partial charge in [0.1, 0.15) is 28.0 Å². The Kier molecular flexibility index (Phi) is 33.9. The van der Waals surface area contributed by atoms with Crippen LogP contribution in [-0.2, 0) is 95.3 Å². The number of carbonyl (C=O) groups is 10. The second-order valence-corrected chi connectivity index (χ2v) is 34.7. The predicted octanol–water partition coefficient (Wildman–Crippen LogP) is 17.3. The molecule has 0 aromatic rings. The molecule has 7 unspecified atom stereocenters. The van der Waals surface area contributed by atoms with Gasteiger partial charge in [-0.15, -0.1) is 0 Å². The van der Waals surface area contributed by atoms with Crippen LogP contribution >= 0.6 is 0 Å². The third-order valence-corrected chi connectivity index (χ3v) is 25.1. The summed E-state index contributed by atoms with van der Waals surface area (Å²) >= 11 is 0. The lowest BCUT2D eigenvalue weighted by atomic mass is 9.65. The highest BCUT2D eigenvalue weighted by Gasteiger charge is 2.68. The van der Waals surface area contributed by atoms with Crippen LogP contribution in [0, 0.1) is 62.6 Å². The molecule has 0 spiro atoms. The van der Waals surface area contributed by atoms with E-state index in [2.05, 4.69) is 6.92 Å². The summed E-state index contributed by atoms with van der Waals surface area (Å²) in [7, 11) is 0. The molecule has 8 rings (SSSR count). The zero-order chi connectivity index (χ0) is 76.8. The summed E-state index contributed by atoms with van der Waals surface area (Å²) in [4.78, 5) is 119. The smallest absolute Gasteiger partial charge is 0.344 e. The maximum atomic E-state index is 12.5. The van der Waals surface area contributed by atoms with Gasteiger partial charge in [0.05, 0.1) is 27.1 Å². The Hall–Kier alpha value is -5.30. The SMILES string of the molecule is CCC(C)(C)C(=O)OCC(=O)OC1(C)CCCC1.CCC(C)(C)C(=O)OCC(=O)OC1(C)CCCCC1.CCC(C)(C)C(=O)OCC(=O)OC1(CC)CC2CC1C1C3CCC(C3)C21.CCC1(OC(=O)COC(=O)C(C)(C)CC)CCCC1.CCC1(OC(=O)COC(=O)C(C)(C)CC)CCCCC1. The lowest BCUT2D eigenvalue weighted by molar-refractivity contribution is -0.182. The molecule has 8 fully saturated rings. The normalized spacial score (nSPS) is 24.6. The standard InChI is InChI=1S/C22H34O4.C16H28O4.2C15H26O4.C14H24O4/c1-5-21(3,4)20(24)25-12-17(23)26-22(6-2)11-15-10-16(22)19-14-8-7-13(9-14)18(15)19;1-5-15(3,4)14(18)19-12-13(17)20-16(6-2)10-8-7-9-11-16;1-5-14(2,3)13(17)18-11-12(16)19-15(4)9-7-6-8-10-15;1-5-14(3,4)13(17)18-11-12(16)19-15(6-2)9-7-8-10-15;1-5-13(2,3)12(16)17-10-11(15)18-14(4)8-6-7-9-14/h13-16,18-19H,5-12H2,1-4H3;5-12H2,1-4H3;2*5-11H2,1-4H3;5-10H2,1-4H3. The van der Waals surface area contributed by atoms with Crippen molar-refractivity contribution in [2.24, 2.45) is 62.6 Å². The lowest BCUT2D eigenvalue weighted by Crippen LogP contribution is -2.48. The molecule has 7 atom stereocenters. The fourth-order valence-corrected chi connectivity index (χ4v) is 15.9. The lowest BCUT2D eigenvalue weighted by Gasteiger charge is -2.45. The molecule has 8 saturated carbocycles. The molecule has 0 amide bonds. The van der Waals surface area contributed by atoms with Crippen LogP contribution in [0.2, 0.25) is 0 Å². The number of fused-ring (bicyclic) bond motifs is 9. The Morgan fingerprint density at radius 3 is 0.873 bits per heavy atom. The van der Waals surface area contributed by atoms with E-state index in [0.717, 1.165) is 158 Å². The number of ether oxygens (including phenoxy) is 10. The number of carbonyl (C=O) groups excluding carboxylic acids is 10. The van der Waals surface area contributed by atoms with Gasteiger partial charge in [0.2, 0.25) is 0 Å². The number of hydrogen-bond acceptors (Lipinski definition) is 20.